The van der Waals surface area contributed by atoms with Crippen molar-refractivity contribution in [2.24, 2.45) is 0 Å². The van der Waals surface area contributed by atoms with E-state index < -0.39 is 0 Å². The summed E-state index contributed by atoms with van der Waals surface area (Å²) in [5.41, 5.74) is 3.07. The lowest BCUT2D eigenvalue weighted by Gasteiger charge is -2.40. The summed E-state index contributed by atoms with van der Waals surface area (Å²) in [7, 11) is 2.25. The smallest absolute Gasteiger partial charge is 0.0896 e. The molecule has 1 N–H and O–H groups in total. The van der Waals surface area contributed by atoms with E-state index in [4.69, 9.17) is 4.74 Å². The Bertz CT molecular complexity index is 496. The molecule has 1 aromatic rings. The Hall–Kier alpha value is -0.900. The van der Waals surface area contributed by atoms with Crippen LogP contribution in [0.3, 0.4) is 0 Å². The van der Waals surface area contributed by atoms with Crippen LogP contribution in [0.15, 0.2) is 24.3 Å². The number of nitrogens with one attached hydrogen (secondary N) is 1. The monoisotopic (exact) mass is 286 g/mol. The third-order valence-electron chi connectivity index (χ3n) is 5.12. The lowest BCUT2D eigenvalue weighted by atomic mass is 9.91. The summed E-state index contributed by atoms with van der Waals surface area (Å²) >= 11 is 0. The van der Waals surface area contributed by atoms with Crippen LogP contribution >= 0.6 is 0 Å². The molecule has 3 heteroatoms. The molecule has 1 aromatic carbocycles. The van der Waals surface area contributed by atoms with Crippen molar-refractivity contribution < 1.29 is 4.74 Å². The molecule has 2 saturated carbocycles. The van der Waals surface area contributed by atoms with Crippen LogP contribution < -0.4 is 5.32 Å². The van der Waals surface area contributed by atoms with Gasteiger partial charge in [-0.2, -0.15) is 0 Å². The van der Waals surface area contributed by atoms with Crippen molar-refractivity contribution in [2.45, 2.75) is 49.8 Å². The highest BCUT2D eigenvalue weighted by atomic mass is 16.5. The number of rotatable bonds is 5. The molecule has 0 spiro atoms. The van der Waals surface area contributed by atoms with Gasteiger partial charge < -0.3 is 10.1 Å². The minimum absolute atomic E-state index is 0.282. The second-order valence-electron chi connectivity index (χ2n) is 6.92. The summed E-state index contributed by atoms with van der Waals surface area (Å²) in [5, 5.41) is 3.66. The molecular weight excluding hydrogens is 260 g/mol. The standard InChI is InChI=1S/C18H26N2O/c1-20-10-11-21-17(12-19-14-8-9-14)18(20)16-5-3-2-4-15(16)13-6-7-13/h2-5,13-14,17-19H,6-12H2,1H3. The Morgan fingerprint density at radius 1 is 1.14 bits per heavy atom. The van der Waals surface area contributed by atoms with Gasteiger partial charge in [0.2, 0.25) is 0 Å². The van der Waals surface area contributed by atoms with Crippen LogP contribution in [0.4, 0.5) is 0 Å². The van der Waals surface area contributed by atoms with Crippen molar-refractivity contribution in [3.63, 3.8) is 0 Å². The van der Waals surface area contributed by atoms with Gasteiger partial charge in [-0.3, -0.25) is 4.90 Å². The summed E-state index contributed by atoms with van der Waals surface area (Å²) in [6.07, 6.45) is 5.68. The maximum absolute atomic E-state index is 6.14. The molecule has 2 aliphatic carbocycles. The van der Waals surface area contributed by atoms with Gasteiger partial charge in [-0.25, -0.2) is 0 Å². The molecule has 114 valence electrons. The van der Waals surface area contributed by atoms with E-state index in [0.717, 1.165) is 31.7 Å². The van der Waals surface area contributed by atoms with Gasteiger partial charge in [-0.15, -0.1) is 0 Å². The minimum atomic E-state index is 0.282. The molecule has 21 heavy (non-hydrogen) atoms. The van der Waals surface area contributed by atoms with Crippen molar-refractivity contribution in [2.75, 3.05) is 26.7 Å². The SMILES string of the molecule is CN1CCOC(CNC2CC2)C1c1ccccc1C1CC1. The van der Waals surface area contributed by atoms with Crippen molar-refractivity contribution >= 4 is 0 Å². The van der Waals surface area contributed by atoms with E-state index in [9.17, 15) is 0 Å². The summed E-state index contributed by atoms with van der Waals surface area (Å²) in [5.74, 6) is 0.800. The number of nitrogens with zero attached hydrogens (tertiary/aromatic N) is 1. The maximum atomic E-state index is 6.14. The van der Waals surface area contributed by atoms with Gasteiger partial charge in [0, 0.05) is 19.1 Å². The van der Waals surface area contributed by atoms with Gasteiger partial charge in [-0.05, 0) is 49.8 Å². The Balaban J connectivity index is 1.58. The van der Waals surface area contributed by atoms with E-state index in [1.54, 1.807) is 5.56 Å². The molecule has 3 aliphatic rings. The van der Waals surface area contributed by atoms with Gasteiger partial charge in [-0.1, -0.05) is 24.3 Å². The number of morpholine rings is 1. The number of benzene rings is 1. The Morgan fingerprint density at radius 3 is 2.62 bits per heavy atom. The predicted molar refractivity (Wildman–Crippen MR) is 84.6 cm³/mol. The molecule has 1 saturated heterocycles. The lowest BCUT2D eigenvalue weighted by molar-refractivity contribution is -0.0617. The van der Waals surface area contributed by atoms with Gasteiger partial charge in [0.05, 0.1) is 18.8 Å². The molecule has 4 rings (SSSR count). The molecule has 0 bridgehead atoms. The first-order valence-corrected chi connectivity index (χ1v) is 8.47. The molecular formula is C18H26N2O. The molecule has 1 aliphatic heterocycles. The van der Waals surface area contributed by atoms with Crippen LogP contribution in [0.1, 0.15) is 48.8 Å². The maximum Gasteiger partial charge on any atom is 0.0896 e. The van der Waals surface area contributed by atoms with E-state index in [0.29, 0.717) is 6.04 Å². The number of hydrogen-bond donors (Lipinski definition) is 1. The third kappa shape index (κ3) is 3.01. The van der Waals surface area contributed by atoms with Gasteiger partial charge >= 0.3 is 0 Å². The largest absolute Gasteiger partial charge is 0.374 e. The molecule has 2 unspecified atom stereocenters. The summed E-state index contributed by atoms with van der Waals surface area (Å²) in [6.45, 7) is 2.87. The highest BCUT2D eigenvalue weighted by molar-refractivity contribution is 5.36. The normalized spacial score (nSPS) is 30.5. The average Bonchev–Trinajstić information content (AvgIpc) is 3.39. The fourth-order valence-corrected chi connectivity index (χ4v) is 3.59. The van der Waals surface area contributed by atoms with Crippen molar-refractivity contribution in [3.8, 4) is 0 Å². The van der Waals surface area contributed by atoms with E-state index in [2.05, 4.69) is 41.5 Å². The van der Waals surface area contributed by atoms with E-state index in [1.165, 1.54) is 31.2 Å². The van der Waals surface area contributed by atoms with Crippen LogP contribution in [0.2, 0.25) is 0 Å². The zero-order valence-corrected chi connectivity index (χ0v) is 12.9. The first kappa shape index (κ1) is 13.7. The van der Waals surface area contributed by atoms with Crippen molar-refractivity contribution in [1.82, 2.24) is 10.2 Å². The zero-order chi connectivity index (χ0) is 14.2. The third-order valence-corrected chi connectivity index (χ3v) is 5.12. The molecule has 0 radical (unpaired) electrons. The molecule has 3 nitrogen and oxygen atoms in total. The Morgan fingerprint density at radius 2 is 1.90 bits per heavy atom. The van der Waals surface area contributed by atoms with Crippen molar-refractivity contribution in [3.05, 3.63) is 35.4 Å². The fourth-order valence-electron chi connectivity index (χ4n) is 3.59. The second-order valence-corrected chi connectivity index (χ2v) is 6.92. The highest BCUT2D eigenvalue weighted by Crippen LogP contribution is 2.44. The van der Waals surface area contributed by atoms with Crippen LogP contribution in [0, 0.1) is 0 Å². The van der Waals surface area contributed by atoms with Crippen LogP contribution in [0.5, 0.6) is 0 Å². The van der Waals surface area contributed by atoms with Crippen molar-refractivity contribution in [1.29, 1.82) is 0 Å². The van der Waals surface area contributed by atoms with E-state index in [-0.39, 0.29) is 6.10 Å². The topological polar surface area (TPSA) is 24.5 Å². The van der Waals surface area contributed by atoms with E-state index >= 15 is 0 Å². The highest BCUT2D eigenvalue weighted by Gasteiger charge is 2.36. The summed E-state index contributed by atoms with van der Waals surface area (Å²) < 4.78 is 6.14. The van der Waals surface area contributed by atoms with Crippen LogP contribution in [0.25, 0.3) is 0 Å². The van der Waals surface area contributed by atoms with Crippen LogP contribution in [-0.2, 0) is 4.74 Å². The number of likely N-dealkylation sites (N-methyl/N-ethyl adjacent to an activating group) is 1. The van der Waals surface area contributed by atoms with Crippen LogP contribution in [-0.4, -0.2) is 43.8 Å². The Labute approximate surface area is 127 Å². The predicted octanol–water partition coefficient (Wildman–Crippen LogP) is 2.69. The molecule has 1 heterocycles. The summed E-state index contributed by atoms with van der Waals surface area (Å²) in [6, 6.07) is 10.2. The fraction of sp³-hybridized carbons (Fsp3) is 0.667. The van der Waals surface area contributed by atoms with Gasteiger partial charge in [0.25, 0.3) is 0 Å². The van der Waals surface area contributed by atoms with E-state index in [1.807, 2.05) is 0 Å². The first-order valence-electron chi connectivity index (χ1n) is 8.47. The quantitative estimate of drug-likeness (QED) is 0.900. The van der Waals surface area contributed by atoms with Gasteiger partial charge in [0.15, 0.2) is 0 Å². The average molecular weight is 286 g/mol. The minimum Gasteiger partial charge on any atom is -0.374 e. The first-order chi connectivity index (χ1) is 10.3. The number of ether oxygens (including phenoxy) is 1. The zero-order valence-electron chi connectivity index (χ0n) is 12.9. The number of hydrogen-bond acceptors (Lipinski definition) is 3. The molecule has 3 fully saturated rings. The second kappa shape index (κ2) is 5.71. The Kier molecular flexibility index (Phi) is 3.74. The summed E-state index contributed by atoms with van der Waals surface area (Å²) in [4.78, 5) is 2.49. The lowest BCUT2D eigenvalue weighted by Crippen LogP contribution is -2.48. The molecule has 2 atom stereocenters. The molecule has 0 aromatic heterocycles. The van der Waals surface area contributed by atoms with Gasteiger partial charge in [0.1, 0.15) is 0 Å². The molecule has 0 amide bonds.